The van der Waals surface area contributed by atoms with Gasteiger partial charge in [0.25, 0.3) is 5.91 Å². The molecule has 3 aliphatic heterocycles. The van der Waals surface area contributed by atoms with Crippen LogP contribution in [0.25, 0.3) is 10.9 Å². The number of fused-ring (bicyclic) bond motifs is 5. The zero-order valence-corrected chi connectivity index (χ0v) is 15.6. The molecule has 0 N–H and O–H groups in total. The third-order valence-corrected chi connectivity index (χ3v) is 5.74. The average molecular weight is 372 g/mol. The van der Waals surface area contributed by atoms with Crippen molar-refractivity contribution in [3.8, 4) is 0 Å². The molecule has 0 unspecified atom stereocenters. The SMILES string of the molecule is CCCN1C(=O)[C@@H]2CC[C@H]1CN(C(=O)c1ccc3cccc(Cl)c3n1)C2. The predicted octanol–water partition coefficient (Wildman–Crippen LogP) is 3.36. The van der Waals surface area contributed by atoms with E-state index in [0.29, 0.717) is 29.3 Å². The number of hydrogen-bond acceptors (Lipinski definition) is 3. The Balaban J connectivity index is 1.63. The number of carbonyl (C=O) groups is 2. The van der Waals surface area contributed by atoms with Gasteiger partial charge in [-0.05, 0) is 31.4 Å². The monoisotopic (exact) mass is 371 g/mol. The van der Waals surface area contributed by atoms with E-state index in [1.165, 1.54) is 0 Å². The molecule has 0 saturated carbocycles. The summed E-state index contributed by atoms with van der Waals surface area (Å²) in [5, 5.41) is 1.45. The molecule has 0 radical (unpaired) electrons. The van der Waals surface area contributed by atoms with Gasteiger partial charge in [-0.1, -0.05) is 36.7 Å². The van der Waals surface area contributed by atoms with Crippen molar-refractivity contribution >= 4 is 34.3 Å². The summed E-state index contributed by atoms with van der Waals surface area (Å²) in [5.41, 5.74) is 1.03. The summed E-state index contributed by atoms with van der Waals surface area (Å²) in [6.45, 7) is 3.92. The number of para-hydroxylation sites is 1. The quantitative estimate of drug-likeness (QED) is 0.831. The highest BCUT2D eigenvalue weighted by Gasteiger charge is 2.41. The summed E-state index contributed by atoms with van der Waals surface area (Å²) in [4.78, 5) is 34.1. The fraction of sp³-hybridized carbons (Fsp3) is 0.450. The first-order valence-corrected chi connectivity index (χ1v) is 9.61. The van der Waals surface area contributed by atoms with Crippen LogP contribution in [0.1, 0.15) is 36.7 Å². The van der Waals surface area contributed by atoms with Crippen LogP contribution >= 0.6 is 11.6 Å². The third-order valence-electron chi connectivity index (χ3n) is 5.44. The summed E-state index contributed by atoms with van der Waals surface area (Å²) in [6, 6.07) is 9.32. The van der Waals surface area contributed by atoms with E-state index >= 15 is 0 Å². The van der Waals surface area contributed by atoms with Crippen LogP contribution in [0.15, 0.2) is 30.3 Å². The molecule has 5 rings (SSSR count). The molecule has 136 valence electrons. The number of pyridine rings is 1. The van der Waals surface area contributed by atoms with Gasteiger partial charge < -0.3 is 9.80 Å². The van der Waals surface area contributed by atoms with Crippen molar-refractivity contribution in [3.63, 3.8) is 0 Å². The largest absolute Gasteiger partial charge is 0.338 e. The van der Waals surface area contributed by atoms with Crippen LogP contribution < -0.4 is 0 Å². The van der Waals surface area contributed by atoms with Crippen molar-refractivity contribution < 1.29 is 9.59 Å². The maximum Gasteiger partial charge on any atom is 0.272 e. The molecule has 2 aromatic rings. The second-order valence-corrected chi connectivity index (χ2v) is 7.59. The fourth-order valence-electron chi connectivity index (χ4n) is 4.13. The van der Waals surface area contributed by atoms with E-state index in [1.54, 1.807) is 17.0 Å². The molecule has 26 heavy (non-hydrogen) atoms. The molecule has 1 aromatic heterocycles. The number of rotatable bonds is 3. The predicted molar refractivity (Wildman–Crippen MR) is 101 cm³/mol. The Morgan fingerprint density at radius 3 is 2.88 bits per heavy atom. The van der Waals surface area contributed by atoms with E-state index in [4.69, 9.17) is 11.6 Å². The summed E-state index contributed by atoms with van der Waals surface area (Å²) >= 11 is 6.24. The van der Waals surface area contributed by atoms with Gasteiger partial charge in [0.1, 0.15) is 5.69 Å². The minimum absolute atomic E-state index is 0.0895. The van der Waals surface area contributed by atoms with E-state index in [-0.39, 0.29) is 23.8 Å². The lowest BCUT2D eigenvalue weighted by atomic mass is 9.94. The maximum atomic E-state index is 13.1. The van der Waals surface area contributed by atoms with Crippen LogP contribution in [-0.2, 0) is 4.79 Å². The summed E-state index contributed by atoms with van der Waals surface area (Å²) in [7, 11) is 0. The molecule has 3 fully saturated rings. The first kappa shape index (κ1) is 17.3. The van der Waals surface area contributed by atoms with E-state index in [9.17, 15) is 9.59 Å². The number of piperidine rings is 1. The summed E-state index contributed by atoms with van der Waals surface area (Å²) in [6.07, 6.45) is 2.77. The van der Waals surface area contributed by atoms with Crippen LogP contribution in [0.2, 0.25) is 5.02 Å². The smallest absolute Gasteiger partial charge is 0.272 e. The number of amides is 2. The highest BCUT2D eigenvalue weighted by Crippen LogP contribution is 2.30. The lowest BCUT2D eigenvalue weighted by Gasteiger charge is -2.35. The number of benzene rings is 1. The number of halogens is 1. The first-order chi connectivity index (χ1) is 12.6. The molecule has 2 atom stereocenters. The van der Waals surface area contributed by atoms with Gasteiger partial charge in [0.15, 0.2) is 0 Å². The van der Waals surface area contributed by atoms with Crippen LogP contribution in [0, 0.1) is 5.92 Å². The van der Waals surface area contributed by atoms with Crippen LogP contribution in [0.4, 0.5) is 0 Å². The van der Waals surface area contributed by atoms with Crippen molar-refractivity contribution in [1.29, 1.82) is 0 Å². The van der Waals surface area contributed by atoms with Gasteiger partial charge in [0.2, 0.25) is 5.91 Å². The standard InChI is InChI=1S/C20H22ClN3O2/c1-2-10-24-15-8-6-14(19(24)25)11-23(12-15)20(26)17-9-7-13-4-3-5-16(21)18(13)22-17/h3-5,7,9,14-15H,2,6,8,10-12H2,1H3/t14-,15+/m1/s1. The second-order valence-electron chi connectivity index (χ2n) is 7.18. The molecule has 2 bridgehead atoms. The zero-order valence-electron chi connectivity index (χ0n) is 14.8. The van der Waals surface area contributed by atoms with Gasteiger partial charge in [-0.3, -0.25) is 9.59 Å². The molecular formula is C20H22ClN3O2. The maximum absolute atomic E-state index is 13.1. The summed E-state index contributed by atoms with van der Waals surface area (Å²) in [5.74, 6) is -0.00363. The van der Waals surface area contributed by atoms with E-state index in [1.807, 2.05) is 23.1 Å². The Morgan fingerprint density at radius 1 is 1.23 bits per heavy atom. The molecule has 6 heteroatoms. The fourth-order valence-corrected chi connectivity index (χ4v) is 4.36. The normalized spacial score (nSPS) is 22.8. The van der Waals surface area contributed by atoms with E-state index in [2.05, 4.69) is 11.9 Å². The summed E-state index contributed by atoms with van der Waals surface area (Å²) < 4.78 is 0. The van der Waals surface area contributed by atoms with Crippen molar-refractivity contribution in [2.75, 3.05) is 19.6 Å². The van der Waals surface area contributed by atoms with E-state index < -0.39 is 0 Å². The van der Waals surface area contributed by atoms with Crippen LogP contribution in [-0.4, -0.2) is 52.3 Å². The molecule has 0 spiro atoms. The Bertz CT molecular complexity index is 869. The molecular weight excluding hydrogens is 350 g/mol. The third kappa shape index (κ3) is 2.94. The van der Waals surface area contributed by atoms with Crippen LogP contribution in [0.3, 0.4) is 0 Å². The van der Waals surface area contributed by atoms with Crippen molar-refractivity contribution in [1.82, 2.24) is 14.8 Å². The van der Waals surface area contributed by atoms with Gasteiger partial charge >= 0.3 is 0 Å². The molecule has 0 aliphatic carbocycles. The minimum atomic E-state index is -0.116. The van der Waals surface area contributed by atoms with Gasteiger partial charge in [-0.2, -0.15) is 0 Å². The average Bonchev–Trinajstić information content (AvgIpc) is 2.94. The molecule has 2 amide bonds. The second kappa shape index (κ2) is 6.88. The topological polar surface area (TPSA) is 53.5 Å². The number of aromatic nitrogens is 1. The molecule has 3 saturated heterocycles. The minimum Gasteiger partial charge on any atom is -0.338 e. The highest BCUT2D eigenvalue weighted by atomic mass is 35.5. The van der Waals surface area contributed by atoms with Crippen LogP contribution in [0.5, 0.6) is 0 Å². The lowest BCUT2D eigenvalue weighted by Crippen LogP contribution is -2.48. The van der Waals surface area contributed by atoms with Crippen molar-refractivity contribution in [2.24, 2.45) is 5.92 Å². The molecule has 1 aromatic carbocycles. The Kier molecular flexibility index (Phi) is 4.57. The first-order valence-electron chi connectivity index (χ1n) is 9.23. The lowest BCUT2D eigenvalue weighted by molar-refractivity contribution is -0.139. The molecule has 3 aliphatic rings. The Labute approximate surface area is 157 Å². The van der Waals surface area contributed by atoms with Crippen molar-refractivity contribution in [2.45, 2.75) is 32.2 Å². The van der Waals surface area contributed by atoms with Gasteiger partial charge in [-0.25, -0.2) is 4.98 Å². The highest BCUT2D eigenvalue weighted by molar-refractivity contribution is 6.35. The van der Waals surface area contributed by atoms with E-state index in [0.717, 1.165) is 31.2 Å². The van der Waals surface area contributed by atoms with Crippen molar-refractivity contribution in [3.05, 3.63) is 41.0 Å². The van der Waals surface area contributed by atoms with Gasteiger partial charge in [0, 0.05) is 31.1 Å². The zero-order chi connectivity index (χ0) is 18.3. The molecule has 5 nitrogen and oxygen atoms in total. The number of carbonyl (C=O) groups excluding carboxylic acids is 2. The Hall–Kier alpha value is -2.14. The van der Waals surface area contributed by atoms with Gasteiger partial charge in [0.05, 0.1) is 16.5 Å². The molecule has 4 heterocycles. The number of nitrogens with zero attached hydrogens (tertiary/aromatic N) is 3. The van der Waals surface area contributed by atoms with Gasteiger partial charge in [-0.15, -0.1) is 0 Å². The Morgan fingerprint density at radius 2 is 2.08 bits per heavy atom. The number of hydrogen-bond donors (Lipinski definition) is 0.